The summed E-state index contributed by atoms with van der Waals surface area (Å²) in [5.41, 5.74) is 3.06. The highest BCUT2D eigenvalue weighted by Crippen LogP contribution is 2.38. The summed E-state index contributed by atoms with van der Waals surface area (Å²) in [5, 5.41) is 15.5. The number of aromatic nitrogens is 5. The lowest BCUT2D eigenvalue weighted by molar-refractivity contribution is -0.140. The zero-order chi connectivity index (χ0) is 15.3. The molecule has 1 saturated heterocycles. The molecule has 2 aliphatic rings. The number of likely N-dealkylation sites (tertiary alicyclic amines) is 1. The fraction of sp³-hybridized carbons (Fsp3) is 0.600. The van der Waals surface area contributed by atoms with Crippen LogP contribution in [0.5, 0.6) is 0 Å². The minimum Gasteiger partial charge on any atom is -0.340 e. The minimum absolute atomic E-state index is 0.0637. The second-order valence-corrected chi connectivity index (χ2v) is 6.86. The Balaban J connectivity index is 1.43. The summed E-state index contributed by atoms with van der Waals surface area (Å²) in [6, 6.07) is 0. The smallest absolute Gasteiger partial charge is 0.225 e. The van der Waals surface area contributed by atoms with Gasteiger partial charge in [-0.15, -0.1) is 5.10 Å². The maximum Gasteiger partial charge on any atom is 0.225 e. The quantitative estimate of drug-likeness (QED) is 0.908. The van der Waals surface area contributed by atoms with Gasteiger partial charge in [0.15, 0.2) is 0 Å². The van der Waals surface area contributed by atoms with Crippen molar-refractivity contribution in [3.05, 3.63) is 29.3 Å². The van der Waals surface area contributed by atoms with Crippen molar-refractivity contribution in [1.82, 2.24) is 30.1 Å². The van der Waals surface area contributed by atoms with E-state index in [4.69, 9.17) is 0 Å². The summed E-state index contributed by atoms with van der Waals surface area (Å²) in [4.78, 5) is 14.0. The van der Waals surface area contributed by atoms with Crippen LogP contribution in [-0.2, 0) is 16.8 Å². The molecule has 0 atom stereocenters. The number of aromatic amines is 1. The minimum atomic E-state index is -0.0637. The molecular weight excluding hydrogens is 280 g/mol. The van der Waals surface area contributed by atoms with Crippen LogP contribution in [0, 0.1) is 12.8 Å². The lowest BCUT2D eigenvalue weighted by Crippen LogP contribution is -2.60. The molecule has 0 radical (unpaired) electrons. The molecule has 2 aromatic heterocycles. The molecule has 7 nitrogen and oxygen atoms in total. The Morgan fingerprint density at radius 3 is 2.86 bits per heavy atom. The summed E-state index contributed by atoms with van der Waals surface area (Å²) < 4.78 is 1.83. The van der Waals surface area contributed by atoms with Crippen LogP contribution in [0.1, 0.15) is 36.7 Å². The molecule has 7 heteroatoms. The Morgan fingerprint density at radius 1 is 1.45 bits per heavy atom. The zero-order valence-corrected chi connectivity index (χ0v) is 12.9. The van der Waals surface area contributed by atoms with Crippen LogP contribution >= 0.6 is 0 Å². The highest BCUT2D eigenvalue weighted by atomic mass is 16.2. The number of carbonyl (C=O) groups is 1. The van der Waals surface area contributed by atoms with Gasteiger partial charge in [-0.3, -0.25) is 9.89 Å². The predicted molar refractivity (Wildman–Crippen MR) is 79.1 cm³/mol. The van der Waals surface area contributed by atoms with Crippen molar-refractivity contribution in [2.75, 3.05) is 13.1 Å². The summed E-state index contributed by atoms with van der Waals surface area (Å²) in [6.07, 6.45) is 5.92. The Morgan fingerprint density at radius 2 is 2.23 bits per heavy atom. The van der Waals surface area contributed by atoms with E-state index in [1.54, 1.807) is 0 Å². The number of H-pyrrole nitrogens is 1. The zero-order valence-electron chi connectivity index (χ0n) is 12.9. The third kappa shape index (κ3) is 2.20. The molecule has 3 heterocycles. The van der Waals surface area contributed by atoms with Gasteiger partial charge in [0.2, 0.25) is 5.91 Å². The standard InChI is InChI=1S/C15H20N6O/c1-10-5-16-17-12(10)6-21-7-13(18-19-21)15(2)8-20(9-15)14(22)11-3-4-11/h5,7,11H,3-4,6,8-9H2,1-2H3,(H,16,17). The average molecular weight is 300 g/mol. The van der Waals surface area contributed by atoms with Gasteiger partial charge in [0.25, 0.3) is 0 Å². The van der Waals surface area contributed by atoms with E-state index in [1.807, 2.05) is 28.9 Å². The summed E-state index contributed by atoms with van der Waals surface area (Å²) >= 11 is 0. The Labute approximate surface area is 128 Å². The first kappa shape index (κ1) is 13.5. The molecule has 0 spiro atoms. The Kier molecular flexibility index (Phi) is 2.85. The highest BCUT2D eigenvalue weighted by Gasteiger charge is 2.47. The van der Waals surface area contributed by atoms with Crippen molar-refractivity contribution in [2.24, 2.45) is 5.92 Å². The van der Waals surface area contributed by atoms with E-state index in [0.717, 1.165) is 42.9 Å². The van der Waals surface area contributed by atoms with Crippen molar-refractivity contribution in [3.63, 3.8) is 0 Å². The molecule has 0 aromatic carbocycles. The van der Waals surface area contributed by atoms with Gasteiger partial charge in [-0.1, -0.05) is 12.1 Å². The highest BCUT2D eigenvalue weighted by molar-refractivity contribution is 5.82. The lowest BCUT2D eigenvalue weighted by atomic mass is 9.79. The molecule has 0 unspecified atom stereocenters. The van der Waals surface area contributed by atoms with Gasteiger partial charge in [0, 0.05) is 30.6 Å². The summed E-state index contributed by atoms with van der Waals surface area (Å²) in [5.74, 6) is 0.613. The Hall–Kier alpha value is -2.18. The number of aryl methyl sites for hydroxylation is 1. The first-order valence-corrected chi connectivity index (χ1v) is 7.73. The van der Waals surface area contributed by atoms with Gasteiger partial charge in [0.1, 0.15) is 0 Å². The van der Waals surface area contributed by atoms with Gasteiger partial charge in [0.05, 0.1) is 24.1 Å². The molecule has 22 heavy (non-hydrogen) atoms. The molecule has 1 saturated carbocycles. The number of hydrogen-bond donors (Lipinski definition) is 1. The summed E-state index contributed by atoms with van der Waals surface area (Å²) in [6.45, 7) is 6.32. The van der Waals surface area contributed by atoms with E-state index in [-0.39, 0.29) is 5.41 Å². The topological polar surface area (TPSA) is 79.7 Å². The van der Waals surface area contributed by atoms with Crippen LogP contribution < -0.4 is 0 Å². The molecule has 0 bridgehead atoms. The lowest BCUT2D eigenvalue weighted by Gasteiger charge is -2.47. The molecule has 4 rings (SSSR count). The normalized spacial score (nSPS) is 20.0. The van der Waals surface area contributed by atoms with Crippen molar-refractivity contribution in [1.29, 1.82) is 0 Å². The number of nitrogens with zero attached hydrogens (tertiary/aromatic N) is 5. The Bertz CT molecular complexity index is 707. The third-order valence-corrected chi connectivity index (χ3v) is 4.73. The SMILES string of the molecule is Cc1cn[nH]c1Cn1cc(C2(C)CN(C(=O)C3CC3)C2)nn1. The number of nitrogens with one attached hydrogen (secondary N) is 1. The molecule has 116 valence electrons. The fourth-order valence-corrected chi connectivity index (χ4v) is 3.05. The van der Waals surface area contributed by atoms with E-state index in [2.05, 4.69) is 27.4 Å². The van der Waals surface area contributed by atoms with Crippen molar-refractivity contribution >= 4 is 5.91 Å². The van der Waals surface area contributed by atoms with Crippen LogP contribution in [0.25, 0.3) is 0 Å². The maximum absolute atomic E-state index is 12.0. The van der Waals surface area contributed by atoms with Gasteiger partial charge in [-0.25, -0.2) is 4.68 Å². The van der Waals surface area contributed by atoms with E-state index in [0.29, 0.717) is 18.4 Å². The number of carbonyl (C=O) groups excluding carboxylic acids is 1. The van der Waals surface area contributed by atoms with E-state index >= 15 is 0 Å². The van der Waals surface area contributed by atoms with Crippen LogP contribution in [0.4, 0.5) is 0 Å². The van der Waals surface area contributed by atoms with Gasteiger partial charge < -0.3 is 4.90 Å². The monoisotopic (exact) mass is 300 g/mol. The van der Waals surface area contributed by atoms with Gasteiger partial charge >= 0.3 is 0 Å². The van der Waals surface area contributed by atoms with Crippen LogP contribution in [0.15, 0.2) is 12.4 Å². The molecular formula is C15H20N6O. The molecule has 2 fully saturated rings. The molecule has 1 aliphatic heterocycles. The predicted octanol–water partition coefficient (Wildman–Crippen LogP) is 0.868. The van der Waals surface area contributed by atoms with Gasteiger partial charge in [-0.05, 0) is 25.3 Å². The van der Waals surface area contributed by atoms with Crippen LogP contribution in [0.2, 0.25) is 0 Å². The largest absolute Gasteiger partial charge is 0.340 e. The first-order chi connectivity index (χ1) is 10.5. The number of hydrogen-bond acceptors (Lipinski definition) is 4. The second-order valence-electron chi connectivity index (χ2n) is 6.86. The van der Waals surface area contributed by atoms with E-state index in [9.17, 15) is 4.79 Å². The van der Waals surface area contributed by atoms with E-state index in [1.165, 1.54) is 0 Å². The molecule has 1 aliphatic carbocycles. The first-order valence-electron chi connectivity index (χ1n) is 7.73. The molecule has 1 amide bonds. The van der Waals surface area contributed by atoms with Crippen LogP contribution in [0.3, 0.4) is 0 Å². The van der Waals surface area contributed by atoms with Crippen molar-refractivity contribution < 1.29 is 4.79 Å². The number of amides is 1. The summed E-state index contributed by atoms with van der Waals surface area (Å²) in [7, 11) is 0. The van der Waals surface area contributed by atoms with Crippen LogP contribution in [-0.4, -0.2) is 49.1 Å². The maximum atomic E-state index is 12.0. The third-order valence-electron chi connectivity index (χ3n) is 4.73. The second kappa shape index (κ2) is 4.66. The molecule has 1 N–H and O–H groups in total. The van der Waals surface area contributed by atoms with Gasteiger partial charge in [-0.2, -0.15) is 5.10 Å². The average Bonchev–Trinajstić information content (AvgIpc) is 3.09. The number of rotatable bonds is 4. The van der Waals surface area contributed by atoms with Crippen molar-refractivity contribution in [2.45, 2.75) is 38.6 Å². The van der Waals surface area contributed by atoms with Crippen molar-refractivity contribution in [3.8, 4) is 0 Å². The van der Waals surface area contributed by atoms with E-state index < -0.39 is 0 Å². The molecule has 2 aromatic rings. The fourth-order valence-electron chi connectivity index (χ4n) is 3.05.